The van der Waals surface area contributed by atoms with Crippen LogP contribution in [-0.4, -0.2) is 17.0 Å². The van der Waals surface area contributed by atoms with Gasteiger partial charge >= 0.3 is 0 Å². The lowest BCUT2D eigenvalue weighted by Gasteiger charge is -2.00. The van der Waals surface area contributed by atoms with E-state index in [2.05, 4.69) is 10.5 Å². The van der Waals surface area contributed by atoms with Crippen molar-refractivity contribution in [2.24, 2.45) is 5.10 Å². The molecule has 0 saturated heterocycles. The molecule has 0 fully saturated rings. The largest absolute Gasteiger partial charge is 0.271 e. The Labute approximate surface area is 121 Å². The highest BCUT2D eigenvalue weighted by atomic mass is 16.6. The van der Waals surface area contributed by atoms with Crippen molar-refractivity contribution in [3.8, 4) is 0 Å². The van der Waals surface area contributed by atoms with Crippen LogP contribution in [0, 0.1) is 17.0 Å². The number of non-ortho nitro benzene ring substituents is 1. The van der Waals surface area contributed by atoms with Crippen molar-refractivity contribution >= 4 is 17.8 Å². The van der Waals surface area contributed by atoms with Gasteiger partial charge in [0.2, 0.25) is 0 Å². The number of amides is 1. The molecule has 6 nitrogen and oxygen atoms in total. The van der Waals surface area contributed by atoms with E-state index in [1.807, 2.05) is 31.2 Å². The van der Waals surface area contributed by atoms with Gasteiger partial charge in [0.15, 0.2) is 0 Å². The van der Waals surface area contributed by atoms with E-state index in [1.165, 1.54) is 30.5 Å². The molecule has 2 aromatic rings. The number of hydrazone groups is 1. The van der Waals surface area contributed by atoms with Crippen molar-refractivity contribution in [2.45, 2.75) is 6.92 Å². The summed E-state index contributed by atoms with van der Waals surface area (Å²) in [5, 5.41) is 14.5. The molecule has 0 heterocycles. The van der Waals surface area contributed by atoms with Crippen LogP contribution in [0.25, 0.3) is 0 Å². The number of rotatable bonds is 4. The van der Waals surface area contributed by atoms with Crippen LogP contribution in [0.4, 0.5) is 5.69 Å². The predicted molar refractivity (Wildman–Crippen MR) is 79.3 cm³/mol. The monoisotopic (exact) mass is 283 g/mol. The Morgan fingerprint density at radius 2 is 1.95 bits per heavy atom. The third-order valence-corrected chi connectivity index (χ3v) is 2.78. The number of nitrogens with zero attached hydrogens (tertiary/aromatic N) is 2. The lowest BCUT2D eigenvalue weighted by Crippen LogP contribution is -2.17. The number of nitro groups is 1. The van der Waals surface area contributed by atoms with Gasteiger partial charge in [-0.1, -0.05) is 35.9 Å². The number of benzene rings is 2. The average Bonchev–Trinajstić information content (AvgIpc) is 2.49. The molecule has 0 aliphatic heterocycles. The van der Waals surface area contributed by atoms with Crippen LogP contribution < -0.4 is 5.43 Å². The summed E-state index contributed by atoms with van der Waals surface area (Å²) >= 11 is 0. The van der Waals surface area contributed by atoms with Crippen LogP contribution in [0.3, 0.4) is 0 Å². The standard InChI is InChI=1S/C15H13N3O3/c1-11-5-7-12(8-6-11)10-16-17-15(19)13-3-2-4-14(9-13)18(20)21/h2-10H,1H3,(H,17,19). The van der Waals surface area contributed by atoms with Crippen LogP contribution in [0.15, 0.2) is 53.6 Å². The SMILES string of the molecule is Cc1ccc(C=NNC(=O)c2cccc([N+](=O)[O-])c2)cc1. The van der Waals surface area contributed by atoms with Gasteiger partial charge in [-0.3, -0.25) is 14.9 Å². The third-order valence-electron chi connectivity index (χ3n) is 2.78. The van der Waals surface area contributed by atoms with Crippen molar-refractivity contribution < 1.29 is 9.72 Å². The summed E-state index contributed by atoms with van der Waals surface area (Å²) in [7, 11) is 0. The first-order valence-corrected chi connectivity index (χ1v) is 6.21. The second-order valence-electron chi connectivity index (χ2n) is 4.42. The number of carbonyl (C=O) groups excluding carboxylic acids is 1. The summed E-state index contributed by atoms with van der Waals surface area (Å²) in [6.07, 6.45) is 1.51. The Balaban J connectivity index is 2.03. The van der Waals surface area contributed by atoms with Gasteiger partial charge in [-0.05, 0) is 18.6 Å². The van der Waals surface area contributed by atoms with Gasteiger partial charge in [-0.25, -0.2) is 5.43 Å². The van der Waals surface area contributed by atoms with Crippen molar-refractivity contribution in [3.63, 3.8) is 0 Å². The van der Waals surface area contributed by atoms with Gasteiger partial charge in [0, 0.05) is 17.7 Å². The lowest BCUT2D eigenvalue weighted by atomic mass is 10.2. The molecule has 0 radical (unpaired) electrons. The molecule has 0 unspecified atom stereocenters. The van der Waals surface area contributed by atoms with E-state index in [0.717, 1.165) is 11.1 Å². The average molecular weight is 283 g/mol. The first-order valence-electron chi connectivity index (χ1n) is 6.21. The van der Waals surface area contributed by atoms with Crippen LogP contribution in [0.5, 0.6) is 0 Å². The molecule has 6 heteroatoms. The van der Waals surface area contributed by atoms with Crippen molar-refractivity contribution in [2.75, 3.05) is 0 Å². The second-order valence-corrected chi connectivity index (χ2v) is 4.42. The molecular weight excluding hydrogens is 270 g/mol. The van der Waals surface area contributed by atoms with Gasteiger partial charge in [-0.15, -0.1) is 0 Å². The van der Waals surface area contributed by atoms with Gasteiger partial charge in [0.05, 0.1) is 11.1 Å². The first kappa shape index (κ1) is 14.4. The first-order chi connectivity index (χ1) is 10.1. The number of hydrogen-bond donors (Lipinski definition) is 1. The fraction of sp³-hybridized carbons (Fsp3) is 0.0667. The fourth-order valence-corrected chi connectivity index (χ4v) is 1.64. The molecule has 0 spiro atoms. The highest BCUT2D eigenvalue weighted by Gasteiger charge is 2.10. The maximum Gasteiger partial charge on any atom is 0.271 e. The molecule has 0 aliphatic carbocycles. The third kappa shape index (κ3) is 3.97. The number of nitrogens with one attached hydrogen (secondary N) is 1. The van der Waals surface area contributed by atoms with Crippen LogP contribution in [-0.2, 0) is 0 Å². The smallest absolute Gasteiger partial charge is 0.267 e. The van der Waals surface area contributed by atoms with E-state index in [1.54, 1.807) is 0 Å². The van der Waals surface area contributed by atoms with E-state index < -0.39 is 10.8 Å². The molecule has 0 aromatic heterocycles. The Morgan fingerprint density at radius 1 is 1.24 bits per heavy atom. The molecular formula is C15H13N3O3. The number of carbonyl (C=O) groups is 1. The molecule has 2 aromatic carbocycles. The Bertz CT molecular complexity index is 694. The molecule has 1 amide bonds. The van der Waals surface area contributed by atoms with E-state index >= 15 is 0 Å². The van der Waals surface area contributed by atoms with Crippen molar-refractivity contribution in [1.82, 2.24) is 5.43 Å². The van der Waals surface area contributed by atoms with E-state index in [9.17, 15) is 14.9 Å². The highest BCUT2D eigenvalue weighted by Crippen LogP contribution is 2.12. The molecule has 21 heavy (non-hydrogen) atoms. The van der Waals surface area contributed by atoms with Crippen LogP contribution in [0.2, 0.25) is 0 Å². The van der Waals surface area contributed by atoms with E-state index in [4.69, 9.17) is 0 Å². The molecule has 0 bridgehead atoms. The minimum atomic E-state index is -0.549. The minimum absolute atomic E-state index is 0.134. The molecule has 1 N–H and O–H groups in total. The predicted octanol–water partition coefficient (Wildman–Crippen LogP) is 2.67. The summed E-state index contributed by atoms with van der Waals surface area (Å²) < 4.78 is 0. The quantitative estimate of drug-likeness (QED) is 0.532. The zero-order valence-corrected chi connectivity index (χ0v) is 11.3. The normalized spacial score (nSPS) is 10.5. The maximum absolute atomic E-state index is 11.8. The fourth-order valence-electron chi connectivity index (χ4n) is 1.64. The zero-order valence-electron chi connectivity index (χ0n) is 11.3. The lowest BCUT2D eigenvalue weighted by molar-refractivity contribution is -0.384. The Morgan fingerprint density at radius 3 is 2.62 bits per heavy atom. The molecule has 0 atom stereocenters. The molecule has 2 rings (SSSR count). The molecule has 0 aliphatic rings. The minimum Gasteiger partial charge on any atom is -0.267 e. The Kier molecular flexibility index (Phi) is 4.40. The number of nitro benzene ring substituents is 1. The van der Waals surface area contributed by atoms with Gasteiger partial charge in [0.25, 0.3) is 11.6 Å². The van der Waals surface area contributed by atoms with Crippen molar-refractivity contribution in [3.05, 3.63) is 75.3 Å². The Hall–Kier alpha value is -3.02. The second kappa shape index (κ2) is 6.42. The van der Waals surface area contributed by atoms with Crippen LogP contribution >= 0.6 is 0 Å². The summed E-state index contributed by atoms with van der Waals surface area (Å²) in [5.74, 6) is -0.498. The van der Waals surface area contributed by atoms with E-state index in [0.29, 0.717) is 0 Å². The van der Waals surface area contributed by atoms with Gasteiger partial charge in [-0.2, -0.15) is 5.10 Å². The number of hydrogen-bond acceptors (Lipinski definition) is 4. The van der Waals surface area contributed by atoms with E-state index in [-0.39, 0.29) is 11.3 Å². The summed E-state index contributed by atoms with van der Waals surface area (Å²) in [4.78, 5) is 21.9. The summed E-state index contributed by atoms with van der Waals surface area (Å²) in [5.41, 5.74) is 4.37. The number of aryl methyl sites for hydroxylation is 1. The van der Waals surface area contributed by atoms with Crippen LogP contribution in [0.1, 0.15) is 21.5 Å². The topological polar surface area (TPSA) is 84.6 Å². The molecule has 106 valence electrons. The van der Waals surface area contributed by atoms with Gasteiger partial charge < -0.3 is 0 Å². The zero-order chi connectivity index (χ0) is 15.2. The highest BCUT2D eigenvalue weighted by molar-refractivity contribution is 5.95. The van der Waals surface area contributed by atoms with Gasteiger partial charge in [0.1, 0.15) is 0 Å². The maximum atomic E-state index is 11.8. The van der Waals surface area contributed by atoms with Crippen molar-refractivity contribution in [1.29, 1.82) is 0 Å². The summed E-state index contributed by atoms with van der Waals surface area (Å²) in [6.45, 7) is 1.98. The molecule has 0 saturated carbocycles. The summed E-state index contributed by atoms with van der Waals surface area (Å²) in [6, 6.07) is 13.1.